The van der Waals surface area contributed by atoms with Crippen LogP contribution in [0, 0.1) is 5.92 Å². The van der Waals surface area contributed by atoms with Gasteiger partial charge in [0.1, 0.15) is 0 Å². The van der Waals surface area contributed by atoms with Gasteiger partial charge in [-0.2, -0.15) is 0 Å². The Morgan fingerprint density at radius 1 is 1.10 bits per heavy atom. The minimum Gasteiger partial charge on any atom is -0.352 e. The largest absolute Gasteiger partial charge is 0.352 e. The molecular formula is C17H20N2O2. The Morgan fingerprint density at radius 3 is 2.38 bits per heavy atom. The van der Waals surface area contributed by atoms with Crippen LogP contribution in [0.25, 0.3) is 0 Å². The van der Waals surface area contributed by atoms with Crippen LogP contribution in [-0.2, 0) is 22.4 Å². The molecule has 1 N–H and O–H groups in total. The zero-order valence-corrected chi connectivity index (χ0v) is 12.0. The minimum absolute atomic E-state index is 0.0595. The van der Waals surface area contributed by atoms with E-state index in [1.165, 1.54) is 11.1 Å². The molecule has 2 fully saturated rings. The lowest BCUT2D eigenvalue weighted by atomic mass is 10.1. The molecule has 1 aromatic rings. The lowest BCUT2D eigenvalue weighted by molar-refractivity contribution is -0.129. The molecule has 1 heterocycles. The summed E-state index contributed by atoms with van der Waals surface area (Å²) in [4.78, 5) is 26.2. The van der Waals surface area contributed by atoms with Gasteiger partial charge in [-0.05, 0) is 36.8 Å². The van der Waals surface area contributed by atoms with Gasteiger partial charge in [0.05, 0.1) is 5.92 Å². The van der Waals surface area contributed by atoms with E-state index < -0.39 is 0 Å². The summed E-state index contributed by atoms with van der Waals surface area (Å²) in [6.07, 6.45) is 4.43. The van der Waals surface area contributed by atoms with Crippen molar-refractivity contribution < 1.29 is 9.59 Å². The third kappa shape index (κ3) is 2.43. The molecule has 3 aliphatic rings. The second-order valence-electron chi connectivity index (χ2n) is 6.56. The molecular weight excluding hydrogens is 264 g/mol. The van der Waals surface area contributed by atoms with Gasteiger partial charge in [0.25, 0.3) is 0 Å². The Bertz CT molecular complexity index is 569. The first-order valence-electron chi connectivity index (χ1n) is 7.87. The van der Waals surface area contributed by atoms with Crippen molar-refractivity contribution >= 4 is 11.8 Å². The topological polar surface area (TPSA) is 49.4 Å². The number of carbonyl (C=O) groups is 2. The monoisotopic (exact) mass is 284 g/mol. The molecule has 1 aromatic carbocycles. The van der Waals surface area contributed by atoms with Crippen molar-refractivity contribution in [3.8, 4) is 0 Å². The fourth-order valence-corrected chi connectivity index (χ4v) is 3.63. The SMILES string of the molecule is O=C(NC1Cc2ccccc2C1)[C@H]1CC(=O)N(C2CC2)C1. The summed E-state index contributed by atoms with van der Waals surface area (Å²) >= 11 is 0. The van der Waals surface area contributed by atoms with Crippen molar-refractivity contribution in [2.45, 2.75) is 44.2 Å². The van der Waals surface area contributed by atoms with Gasteiger partial charge in [0.15, 0.2) is 0 Å². The average Bonchev–Trinajstić information content (AvgIpc) is 3.11. The van der Waals surface area contributed by atoms with Crippen LogP contribution in [0.4, 0.5) is 0 Å². The number of amides is 2. The molecule has 1 saturated carbocycles. The predicted molar refractivity (Wildman–Crippen MR) is 78.6 cm³/mol. The summed E-state index contributed by atoms with van der Waals surface area (Å²) in [6.45, 7) is 0.620. The summed E-state index contributed by atoms with van der Waals surface area (Å²) < 4.78 is 0. The summed E-state index contributed by atoms with van der Waals surface area (Å²) in [6, 6.07) is 8.98. The molecule has 4 rings (SSSR count). The Hall–Kier alpha value is -1.84. The van der Waals surface area contributed by atoms with Gasteiger partial charge in [-0.15, -0.1) is 0 Å². The normalized spacial score (nSPS) is 25.2. The lowest BCUT2D eigenvalue weighted by Gasteiger charge is -2.17. The molecule has 0 unspecified atom stereocenters. The third-order valence-electron chi connectivity index (χ3n) is 4.91. The number of rotatable bonds is 3. The van der Waals surface area contributed by atoms with Gasteiger partial charge in [-0.3, -0.25) is 9.59 Å². The van der Waals surface area contributed by atoms with Gasteiger partial charge in [0, 0.05) is 25.0 Å². The van der Waals surface area contributed by atoms with Gasteiger partial charge in [-0.1, -0.05) is 24.3 Å². The van der Waals surface area contributed by atoms with Gasteiger partial charge in [0.2, 0.25) is 11.8 Å². The molecule has 1 atom stereocenters. The van der Waals surface area contributed by atoms with Gasteiger partial charge in [-0.25, -0.2) is 0 Å². The standard InChI is InChI=1S/C17H20N2O2/c20-16-9-13(10-19(16)15-5-6-15)17(21)18-14-7-11-3-1-2-4-12(11)8-14/h1-4,13-15H,5-10H2,(H,18,21)/t13-/m0/s1. The lowest BCUT2D eigenvalue weighted by Crippen LogP contribution is -2.40. The highest BCUT2D eigenvalue weighted by atomic mass is 16.2. The second kappa shape index (κ2) is 4.86. The van der Waals surface area contributed by atoms with Crippen molar-refractivity contribution in [3.63, 3.8) is 0 Å². The van der Waals surface area contributed by atoms with Crippen LogP contribution in [0.15, 0.2) is 24.3 Å². The van der Waals surface area contributed by atoms with Crippen LogP contribution in [-0.4, -0.2) is 35.3 Å². The van der Waals surface area contributed by atoms with E-state index in [0.717, 1.165) is 25.7 Å². The smallest absolute Gasteiger partial charge is 0.225 e. The van der Waals surface area contributed by atoms with Crippen molar-refractivity contribution in [2.24, 2.45) is 5.92 Å². The van der Waals surface area contributed by atoms with E-state index in [1.807, 2.05) is 17.0 Å². The Morgan fingerprint density at radius 2 is 1.76 bits per heavy atom. The summed E-state index contributed by atoms with van der Waals surface area (Å²) in [7, 11) is 0. The number of nitrogens with one attached hydrogen (secondary N) is 1. The molecule has 4 nitrogen and oxygen atoms in total. The van der Waals surface area contributed by atoms with E-state index in [0.29, 0.717) is 19.0 Å². The van der Waals surface area contributed by atoms with Crippen molar-refractivity contribution in [3.05, 3.63) is 35.4 Å². The first-order valence-corrected chi connectivity index (χ1v) is 7.87. The first kappa shape index (κ1) is 12.9. The van der Waals surface area contributed by atoms with E-state index >= 15 is 0 Å². The molecule has 110 valence electrons. The van der Waals surface area contributed by atoms with Crippen LogP contribution in [0.2, 0.25) is 0 Å². The summed E-state index contributed by atoms with van der Waals surface area (Å²) in [5.74, 6) is 0.0680. The number of hydrogen-bond acceptors (Lipinski definition) is 2. The Balaban J connectivity index is 1.36. The number of likely N-dealkylation sites (tertiary alicyclic amines) is 1. The van der Waals surface area contributed by atoms with E-state index in [1.54, 1.807) is 0 Å². The average molecular weight is 284 g/mol. The van der Waals surface area contributed by atoms with Crippen LogP contribution >= 0.6 is 0 Å². The predicted octanol–water partition coefficient (Wildman–Crippen LogP) is 1.28. The molecule has 2 aliphatic carbocycles. The van der Waals surface area contributed by atoms with Crippen LogP contribution < -0.4 is 5.32 Å². The van der Waals surface area contributed by atoms with Crippen molar-refractivity contribution in [1.29, 1.82) is 0 Å². The van der Waals surface area contributed by atoms with Crippen molar-refractivity contribution in [1.82, 2.24) is 10.2 Å². The number of nitrogens with zero attached hydrogens (tertiary/aromatic N) is 1. The highest BCUT2D eigenvalue weighted by molar-refractivity contribution is 5.89. The Labute approximate surface area is 124 Å². The van der Waals surface area contributed by atoms with Gasteiger partial charge < -0.3 is 10.2 Å². The van der Waals surface area contributed by atoms with E-state index in [4.69, 9.17) is 0 Å². The molecule has 2 amide bonds. The summed E-state index contributed by atoms with van der Waals surface area (Å²) in [5, 5.41) is 3.15. The molecule has 0 bridgehead atoms. The maximum absolute atomic E-state index is 12.4. The molecule has 1 saturated heterocycles. The molecule has 4 heteroatoms. The molecule has 21 heavy (non-hydrogen) atoms. The number of hydrogen-bond donors (Lipinski definition) is 1. The molecule has 0 radical (unpaired) electrons. The minimum atomic E-state index is -0.151. The summed E-state index contributed by atoms with van der Waals surface area (Å²) in [5.41, 5.74) is 2.68. The van der Waals surface area contributed by atoms with Crippen LogP contribution in [0.1, 0.15) is 30.4 Å². The van der Waals surface area contributed by atoms with E-state index in [9.17, 15) is 9.59 Å². The molecule has 0 aromatic heterocycles. The highest BCUT2D eigenvalue weighted by Crippen LogP contribution is 2.32. The third-order valence-corrected chi connectivity index (χ3v) is 4.91. The maximum atomic E-state index is 12.4. The van der Waals surface area contributed by atoms with Crippen LogP contribution in [0.3, 0.4) is 0 Å². The van der Waals surface area contributed by atoms with E-state index in [-0.39, 0.29) is 23.8 Å². The number of fused-ring (bicyclic) bond motifs is 1. The molecule has 1 aliphatic heterocycles. The second-order valence-corrected chi connectivity index (χ2v) is 6.56. The maximum Gasteiger partial charge on any atom is 0.225 e. The van der Waals surface area contributed by atoms with Crippen molar-refractivity contribution in [2.75, 3.05) is 6.54 Å². The fraction of sp³-hybridized carbons (Fsp3) is 0.529. The zero-order chi connectivity index (χ0) is 14.4. The van der Waals surface area contributed by atoms with E-state index in [2.05, 4.69) is 17.4 Å². The van der Waals surface area contributed by atoms with Gasteiger partial charge >= 0.3 is 0 Å². The first-order chi connectivity index (χ1) is 10.2. The zero-order valence-electron chi connectivity index (χ0n) is 12.0. The molecule has 0 spiro atoms. The highest BCUT2D eigenvalue weighted by Gasteiger charge is 2.42. The quantitative estimate of drug-likeness (QED) is 0.909. The number of benzene rings is 1. The number of carbonyl (C=O) groups excluding carboxylic acids is 2. The Kier molecular flexibility index (Phi) is 2.98. The van der Waals surface area contributed by atoms with Crippen LogP contribution in [0.5, 0.6) is 0 Å². The fourth-order valence-electron chi connectivity index (χ4n) is 3.63.